The average Bonchev–Trinajstić information content (AvgIpc) is 3.43. The Hall–Kier alpha value is -5.76. The maximum absolute atomic E-state index is 14.9. The van der Waals surface area contributed by atoms with Crippen LogP contribution < -0.4 is 29.6 Å². The molecule has 4 aromatic carbocycles. The minimum absolute atomic E-state index is 0.0573. The van der Waals surface area contributed by atoms with Crippen molar-refractivity contribution in [3.8, 4) is 11.6 Å². The van der Waals surface area contributed by atoms with Crippen molar-refractivity contribution in [1.82, 2.24) is 34.5 Å². The van der Waals surface area contributed by atoms with Gasteiger partial charge in [-0.25, -0.2) is 27.5 Å². The Kier molecular flexibility index (Phi) is 18.8. The van der Waals surface area contributed by atoms with Gasteiger partial charge in [-0.3, -0.25) is 19.4 Å². The molecule has 0 spiro atoms. The maximum atomic E-state index is 14.9. The first-order valence-electron chi connectivity index (χ1n) is 26.8. The van der Waals surface area contributed by atoms with Gasteiger partial charge in [0.05, 0.1) is 33.4 Å². The maximum Gasteiger partial charge on any atom is 0.261 e. The fraction of sp³-hybridized carbons (Fsp3) is 0.397. The summed E-state index contributed by atoms with van der Waals surface area (Å²) in [5, 5.41) is 11.2. The van der Waals surface area contributed by atoms with Gasteiger partial charge in [-0.1, -0.05) is 105 Å². The van der Waals surface area contributed by atoms with Crippen molar-refractivity contribution in [2.75, 3.05) is 43.7 Å². The number of hydrogen-bond acceptors (Lipinski definition) is 11. The highest BCUT2D eigenvalue weighted by atomic mass is 79.9. The molecule has 2 amide bonds. The van der Waals surface area contributed by atoms with E-state index >= 15 is 0 Å². The standard InChI is InChI=1S/C58H65Br2ClF3N9O6Si2/c1-58(2,3)81(45-15-9-8-10-16-45,79-44-32-41(27-39-29-48(62)50(64)49(63)30-39)53(75)71(34-44)57-67-54(59)68-72(57)33-37-18-21-43(76-4)22-19-37)46-17-11-13-38(28-46)35-80(6,7)26-25-78-36-73-56(66-55(60)69-73)70-24-12-14-40(52(70)74)31-42-20-23-47(61)51(65-42)77-5/h8-11,13,15-23,28-30,40-41,44H,12,14,24-27,31-36H2,1-7H3/q-1. The van der Waals surface area contributed by atoms with Crippen molar-refractivity contribution in [2.24, 2.45) is 11.8 Å². The zero-order chi connectivity index (χ0) is 57.8. The molecule has 2 aliphatic rings. The van der Waals surface area contributed by atoms with E-state index in [0.717, 1.165) is 57.8 Å². The number of piperidine rings is 2. The minimum Gasteiger partial charge on any atom is -0.497 e. The first-order valence-corrected chi connectivity index (χ1v) is 34.1. The number of rotatable bonds is 21. The molecule has 0 aliphatic carbocycles. The molecule has 4 unspecified atom stereocenters. The molecule has 429 valence electrons. The molecule has 0 saturated carbocycles. The van der Waals surface area contributed by atoms with Crippen molar-refractivity contribution in [3.05, 3.63) is 157 Å². The second-order valence-corrected chi connectivity index (χ2v) is 33.8. The van der Waals surface area contributed by atoms with E-state index in [1.807, 2.05) is 48.5 Å². The number of carbonyl (C=O) groups excluding carboxylic acids is 2. The van der Waals surface area contributed by atoms with Crippen molar-refractivity contribution in [2.45, 2.75) is 102 Å². The SMILES string of the molecule is COc1ccc(Cn2nc(Br)nc2N2CC(O[Si](c3ccccc3)(c3cccc(C[Si-](C)(C)CCOCn4nc(Br)nc4N4CCCC(Cc5ccc(Cl)c(OC)n5)C4=O)c3)C(C)(C)C)CC(Cc3cc(F)c(F)c(F)c3)C2=O)cc1. The highest BCUT2D eigenvalue weighted by molar-refractivity contribution is 9.10. The Balaban J connectivity index is 0.953. The van der Waals surface area contributed by atoms with Gasteiger partial charge in [-0.2, -0.15) is 23.1 Å². The lowest BCUT2D eigenvalue weighted by Gasteiger charge is -2.48. The average molecular weight is 1290 g/mol. The highest BCUT2D eigenvalue weighted by Crippen LogP contribution is 2.41. The molecule has 3 aromatic heterocycles. The molecule has 0 bridgehead atoms. The van der Waals surface area contributed by atoms with E-state index in [4.69, 9.17) is 35.2 Å². The number of amides is 2. The summed E-state index contributed by atoms with van der Waals surface area (Å²) in [6, 6.07) is 33.6. The predicted molar refractivity (Wildman–Crippen MR) is 317 cm³/mol. The lowest BCUT2D eigenvalue weighted by atomic mass is 9.89. The molecule has 81 heavy (non-hydrogen) atoms. The molecule has 23 heteroatoms. The Morgan fingerprint density at radius 1 is 0.741 bits per heavy atom. The van der Waals surface area contributed by atoms with Gasteiger partial charge in [0.15, 0.2) is 17.5 Å². The molecule has 15 nitrogen and oxygen atoms in total. The molecule has 2 saturated heterocycles. The zero-order valence-corrected chi connectivity index (χ0v) is 52.2. The molecule has 9 rings (SSSR count). The van der Waals surface area contributed by atoms with Gasteiger partial charge in [-0.15, -0.1) is 30.4 Å². The lowest BCUT2D eigenvalue weighted by molar-refractivity contribution is -0.125. The molecule has 5 heterocycles. The number of nitrogens with zero attached hydrogens (tertiary/aromatic N) is 9. The number of ether oxygens (including phenoxy) is 3. The van der Waals surface area contributed by atoms with Gasteiger partial charge in [0, 0.05) is 37.1 Å². The Morgan fingerprint density at radius 2 is 1.41 bits per heavy atom. The van der Waals surface area contributed by atoms with Crippen LogP contribution in [0.5, 0.6) is 11.6 Å². The first kappa shape index (κ1) is 59.9. The molecular formula is C58H65Br2ClF3N9O6Si2-. The second-order valence-electron chi connectivity index (χ2n) is 22.5. The number of aromatic nitrogens is 7. The third-order valence-corrected chi connectivity index (χ3v) is 24.1. The van der Waals surface area contributed by atoms with Crippen LogP contribution in [-0.2, 0) is 50.9 Å². The van der Waals surface area contributed by atoms with Gasteiger partial charge >= 0.3 is 0 Å². The van der Waals surface area contributed by atoms with Crippen molar-refractivity contribution >= 4 is 93.9 Å². The van der Waals surface area contributed by atoms with E-state index < -0.39 is 50.9 Å². The van der Waals surface area contributed by atoms with Gasteiger partial charge in [0.1, 0.15) is 17.5 Å². The van der Waals surface area contributed by atoms with Gasteiger partial charge < -0.3 is 18.6 Å². The molecule has 2 aliphatic heterocycles. The highest BCUT2D eigenvalue weighted by Gasteiger charge is 2.53. The number of pyridine rings is 1. The largest absolute Gasteiger partial charge is 0.497 e. The van der Waals surface area contributed by atoms with Crippen LogP contribution >= 0.6 is 43.5 Å². The summed E-state index contributed by atoms with van der Waals surface area (Å²) in [6.45, 7) is 12.7. The van der Waals surface area contributed by atoms with Crippen LogP contribution in [0.1, 0.15) is 62.4 Å². The fourth-order valence-electron chi connectivity index (χ4n) is 11.2. The zero-order valence-electron chi connectivity index (χ0n) is 46.3. The fourth-order valence-corrected chi connectivity index (χ4v) is 19.0. The minimum atomic E-state index is -3.38. The van der Waals surface area contributed by atoms with Crippen LogP contribution in [0.2, 0.25) is 29.2 Å². The van der Waals surface area contributed by atoms with E-state index in [9.17, 15) is 22.8 Å². The van der Waals surface area contributed by atoms with Crippen LogP contribution in [-0.4, -0.2) is 103 Å². The third kappa shape index (κ3) is 13.7. The molecule has 2 fully saturated rings. The summed E-state index contributed by atoms with van der Waals surface area (Å²) < 4.78 is 72.7. The summed E-state index contributed by atoms with van der Waals surface area (Å²) >= 11 is 13.1. The van der Waals surface area contributed by atoms with Gasteiger partial charge in [0.2, 0.25) is 39.1 Å². The monoisotopic (exact) mass is 1290 g/mol. The summed E-state index contributed by atoms with van der Waals surface area (Å²) in [7, 11) is -2.30. The number of benzene rings is 4. The van der Waals surface area contributed by atoms with Crippen molar-refractivity contribution in [1.29, 1.82) is 0 Å². The third-order valence-electron chi connectivity index (χ3n) is 15.1. The summed E-state index contributed by atoms with van der Waals surface area (Å²) in [6.07, 6.45) is 1.45. The van der Waals surface area contributed by atoms with Crippen LogP contribution in [0.3, 0.4) is 0 Å². The van der Waals surface area contributed by atoms with E-state index in [-0.39, 0.29) is 66.6 Å². The van der Waals surface area contributed by atoms with Crippen LogP contribution in [0.4, 0.5) is 25.1 Å². The van der Waals surface area contributed by atoms with Crippen LogP contribution in [0.15, 0.2) is 113 Å². The Bertz CT molecular complexity index is 3350. The van der Waals surface area contributed by atoms with Gasteiger partial charge in [0.25, 0.3) is 8.32 Å². The lowest BCUT2D eigenvalue weighted by Crippen LogP contribution is -2.69. The number of carbonyl (C=O) groups is 2. The molecule has 0 N–H and O–H groups in total. The Morgan fingerprint density at radius 3 is 2.09 bits per heavy atom. The molecule has 4 atom stereocenters. The first-order chi connectivity index (χ1) is 38.6. The van der Waals surface area contributed by atoms with E-state index in [1.165, 1.54) is 7.11 Å². The smallest absolute Gasteiger partial charge is 0.261 e. The molecular weight excluding hydrogens is 1230 g/mol. The topological polar surface area (TPSA) is 152 Å². The number of halogens is 6. The van der Waals surface area contributed by atoms with Gasteiger partial charge in [-0.05, 0) is 120 Å². The van der Waals surface area contributed by atoms with Crippen molar-refractivity contribution in [3.63, 3.8) is 0 Å². The van der Waals surface area contributed by atoms with Crippen LogP contribution in [0, 0.1) is 29.3 Å². The van der Waals surface area contributed by atoms with Crippen LogP contribution in [0.25, 0.3) is 0 Å². The Labute approximate surface area is 493 Å². The molecule has 0 radical (unpaired) electrons. The number of hydrogen-bond donors (Lipinski definition) is 0. The number of methoxy groups -OCH3 is 2. The summed E-state index contributed by atoms with van der Waals surface area (Å²) in [5.74, 6) is -4.07. The van der Waals surface area contributed by atoms with Crippen molar-refractivity contribution < 1.29 is 41.4 Å². The summed E-state index contributed by atoms with van der Waals surface area (Å²) in [5.41, 5.74) is 2.90. The predicted octanol–water partition coefficient (Wildman–Crippen LogP) is 10.9. The molecule has 7 aromatic rings. The summed E-state index contributed by atoms with van der Waals surface area (Å²) in [4.78, 5) is 46.0. The second kappa shape index (κ2) is 25.4. The quantitative estimate of drug-likeness (QED) is 0.0384. The normalized spacial score (nSPS) is 17.9. The number of anilines is 2. The van der Waals surface area contributed by atoms with E-state index in [2.05, 4.69) is 122 Å². The van der Waals surface area contributed by atoms with E-state index in [1.54, 1.807) is 32.3 Å². The van der Waals surface area contributed by atoms with E-state index in [0.29, 0.717) is 53.3 Å².